The average molecular weight is 158 g/mol. The summed E-state index contributed by atoms with van der Waals surface area (Å²) in [5.41, 5.74) is 1.61. The highest BCUT2D eigenvalue weighted by Crippen LogP contribution is 2.19. The number of H-pyrrole nitrogens is 1. The molecule has 4 heteroatoms. The Hall–Kier alpha value is -1.45. The van der Waals surface area contributed by atoms with E-state index < -0.39 is 0 Å². The van der Waals surface area contributed by atoms with Crippen LogP contribution in [0.15, 0.2) is 18.2 Å². The number of nitrogens with zero attached hydrogens (tertiary/aromatic N) is 1. The van der Waals surface area contributed by atoms with E-state index in [9.17, 15) is 0 Å². The first-order valence-corrected chi connectivity index (χ1v) is 3.59. The summed E-state index contributed by atoms with van der Waals surface area (Å²) in [5, 5.41) is 7.73. The maximum Gasteiger partial charge on any atom is 0.240 e. The van der Waals surface area contributed by atoms with Gasteiger partial charge in [0.2, 0.25) is 5.88 Å². The summed E-state index contributed by atoms with van der Waals surface area (Å²) in [6.07, 6.45) is 0. The summed E-state index contributed by atoms with van der Waals surface area (Å²) in [6.45, 7) is 0. The smallest absolute Gasteiger partial charge is 0.240 e. The molecule has 1 aromatic heterocycles. The normalized spacial score (nSPS) is 10.4. The first-order chi connectivity index (χ1) is 5.81. The van der Waals surface area contributed by atoms with Crippen molar-refractivity contribution in [3.05, 3.63) is 18.2 Å². The molecule has 0 aliphatic carbocycles. The molecule has 0 amide bonds. The lowest BCUT2D eigenvalue weighted by molar-refractivity contribution is 0.401. The van der Waals surface area contributed by atoms with Crippen LogP contribution in [-0.2, 0) is 0 Å². The summed E-state index contributed by atoms with van der Waals surface area (Å²) in [5.74, 6) is 0.602. The lowest BCUT2D eigenvalue weighted by atomic mass is 9.95. The summed E-state index contributed by atoms with van der Waals surface area (Å²) >= 11 is 0. The molecule has 0 aliphatic heterocycles. The van der Waals surface area contributed by atoms with Gasteiger partial charge in [0.1, 0.15) is 7.85 Å². The van der Waals surface area contributed by atoms with E-state index in [2.05, 4.69) is 10.2 Å². The molecule has 0 bridgehead atoms. The second-order valence-electron chi connectivity index (χ2n) is 2.54. The molecule has 0 saturated carbocycles. The zero-order chi connectivity index (χ0) is 8.55. The Morgan fingerprint density at radius 3 is 3.08 bits per heavy atom. The van der Waals surface area contributed by atoms with Crippen LogP contribution in [0.5, 0.6) is 5.88 Å². The molecule has 1 N–H and O–H groups in total. The Kier molecular flexibility index (Phi) is 1.53. The van der Waals surface area contributed by atoms with Crippen molar-refractivity contribution in [1.82, 2.24) is 10.2 Å². The van der Waals surface area contributed by atoms with Crippen LogP contribution >= 0.6 is 0 Å². The van der Waals surface area contributed by atoms with Gasteiger partial charge in [-0.2, -0.15) is 0 Å². The Morgan fingerprint density at radius 2 is 2.33 bits per heavy atom. The Morgan fingerprint density at radius 1 is 1.50 bits per heavy atom. The molecular weight excluding hydrogens is 151 g/mol. The Labute approximate surface area is 71.1 Å². The van der Waals surface area contributed by atoms with Crippen LogP contribution in [0.4, 0.5) is 0 Å². The maximum atomic E-state index is 5.59. The largest absolute Gasteiger partial charge is 0.480 e. The number of aromatic nitrogens is 2. The third kappa shape index (κ3) is 0.960. The fourth-order valence-electron chi connectivity index (χ4n) is 1.17. The molecule has 2 radical (unpaired) electrons. The van der Waals surface area contributed by atoms with Crippen molar-refractivity contribution in [2.24, 2.45) is 0 Å². The molecule has 0 unspecified atom stereocenters. The van der Waals surface area contributed by atoms with Gasteiger partial charge in [-0.3, -0.25) is 5.10 Å². The van der Waals surface area contributed by atoms with Gasteiger partial charge in [-0.05, 0) is 12.1 Å². The molecular formula is C8H7BN2O. The highest BCUT2D eigenvalue weighted by atomic mass is 16.5. The molecule has 0 atom stereocenters. The zero-order valence-electron chi connectivity index (χ0n) is 6.66. The fraction of sp³-hybridized carbons (Fsp3) is 0.125. The predicted octanol–water partition coefficient (Wildman–Crippen LogP) is 0.365. The van der Waals surface area contributed by atoms with Gasteiger partial charge >= 0.3 is 0 Å². The van der Waals surface area contributed by atoms with Crippen LogP contribution < -0.4 is 10.2 Å². The van der Waals surface area contributed by atoms with E-state index in [1.807, 2.05) is 18.2 Å². The van der Waals surface area contributed by atoms with Gasteiger partial charge in [-0.25, -0.2) is 0 Å². The molecule has 1 heterocycles. The fourth-order valence-corrected chi connectivity index (χ4v) is 1.17. The van der Waals surface area contributed by atoms with E-state index in [1.54, 1.807) is 7.11 Å². The number of ether oxygens (including phenoxy) is 1. The van der Waals surface area contributed by atoms with Crippen LogP contribution in [0.3, 0.4) is 0 Å². The van der Waals surface area contributed by atoms with Crippen molar-refractivity contribution in [3.63, 3.8) is 0 Å². The quantitative estimate of drug-likeness (QED) is 0.608. The number of fused-ring (bicyclic) bond motifs is 1. The first-order valence-electron chi connectivity index (χ1n) is 3.59. The second kappa shape index (κ2) is 2.55. The minimum absolute atomic E-state index is 0.602. The van der Waals surface area contributed by atoms with Crippen molar-refractivity contribution in [2.45, 2.75) is 0 Å². The van der Waals surface area contributed by atoms with Crippen molar-refractivity contribution >= 4 is 24.2 Å². The standard InChI is InChI=1S/C8H7BN2O/c1-12-8-6-3-2-5(9)4-7(6)10-11-8/h2-4H,1H3,(H,10,11). The van der Waals surface area contributed by atoms with E-state index in [0.717, 1.165) is 10.9 Å². The predicted molar refractivity (Wildman–Crippen MR) is 48.0 cm³/mol. The van der Waals surface area contributed by atoms with Crippen LogP contribution in [0.2, 0.25) is 0 Å². The summed E-state index contributed by atoms with van der Waals surface area (Å²) in [7, 11) is 7.18. The van der Waals surface area contributed by atoms with Crippen molar-refractivity contribution in [1.29, 1.82) is 0 Å². The molecule has 3 nitrogen and oxygen atoms in total. The molecule has 0 spiro atoms. The summed E-state index contributed by atoms with van der Waals surface area (Å²) in [6, 6.07) is 5.53. The second-order valence-corrected chi connectivity index (χ2v) is 2.54. The monoisotopic (exact) mass is 158 g/mol. The van der Waals surface area contributed by atoms with E-state index >= 15 is 0 Å². The zero-order valence-corrected chi connectivity index (χ0v) is 6.66. The number of methoxy groups -OCH3 is 1. The molecule has 0 aliphatic rings. The van der Waals surface area contributed by atoms with Crippen molar-refractivity contribution in [3.8, 4) is 5.88 Å². The minimum atomic E-state index is 0.602. The minimum Gasteiger partial charge on any atom is -0.480 e. The van der Waals surface area contributed by atoms with Gasteiger partial charge < -0.3 is 4.74 Å². The molecule has 1 aromatic carbocycles. The average Bonchev–Trinajstić information content (AvgIpc) is 2.46. The molecule has 12 heavy (non-hydrogen) atoms. The number of benzene rings is 1. The van der Waals surface area contributed by atoms with Gasteiger partial charge in [0.05, 0.1) is 18.0 Å². The lowest BCUT2D eigenvalue weighted by Crippen LogP contribution is -1.99. The number of nitrogens with one attached hydrogen (secondary N) is 1. The molecule has 0 saturated heterocycles. The highest BCUT2D eigenvalue weighted by molar-refractivity contribution is 6.33. The summed E-state index contributed by atoms with van der Waals surface area (Å²) in [4.78, 5) is 0. The van der Waals surface area contributed by atoms with E-state index in [1.165, 1.54) is 0 Å². The van der Waals surface area contributed by atoms with Crippen LogP contribution in [-0.4, -0.2) is 25.2 Å². The lowest BCUT2D eigenvalue weighted by Gasteiger charge is -1.94. The number of aromatic amines is 1. The third-order valence-electron chi connectivity index (χ3n) is 1.75. The molecule has 58 valence electrons. The van der Waals surface area contributed by atoms with Gasteiger partial charge in [-0.1, -0.05) is 11.5 Å². The van der Waals surface area contributed by atoms with Gasteiger partial charge in [0.15, 0.2) is 0 Å². The van der Waals surface area contributed by atoms with Gasteiger partial charge in [0, 0.05) is 0 Å². The van der Waals surface area contributed by atoms with E-state index in [-0.39, 0.29) is 0 Å². The van der Waals surface area contributed by atoms with E-state index in [4.69, 9.17) is 12.6 Å². The highest BCUT2D eigenvalue weighted by Gasteiger charge is 2.03. The topological polar surface area (TPSA) is 37.9 Å². The molecule has 2 aromatic rings. The maximum absolute atomic E-state index is 5.59. The summed E-state index contributed by atoms with van der Waals surface area (Å²) < 4.78 is 5.02. The van der Waals surface area contributed by atoms with Crippen LogP contribution in [0.1, 0.15) is 0 Å². The SMILES string of the molecule is [B]c1ccc2c(OC)n[nH]c2c1. The Balaban J connectivity index is 2.73. The van der Waals surface area contributed by atoms with Gasteiger partial charge in [0.25, 0.3) is 0 Å². The third-order valence-corrected chi connectivity index (χ3v) is 1.75. The molecule has 2 rings (SSSR count). The number of hydrogen-bond donors (Lipinski definition) is 1. The van der Waals surface area contributed by atoms with E-state index in [0.29, 0.717) is 11.3 Å². The molecule has 0 fully saturated rings. The Bertz CT molecular complexity index is 410. The van der Waals surface area contributed by atoms with Crippen molar-refractivity contribution < 1.29 is 4.74 Å². The van der Waals surface area contributed by atoms with Crippen LogP contribution in [0, 0.1) is 0 Å². The van der Waals surface area contributed by atoms with Crippen LogP contribution in [0.25, 0.3) is 10.9 Å². The van der Waals surface area contributed by atoms with Gasteiger partial charge in [-0.15, -0.1) is 5.10 Å². The number of rotatable bonds is 1. The van der Waals surface area contributed by atoms with Crippen molar-refractivity contribution in [2.75, 3.05) is 7.11 Å². The first kappa shape index (κ1) is 7.22. The number of hydrogen-bond acceptors (Lipinski definition) is 2.